The molecule has 2 rings (SSSR count). The molecule has 0 saturated carbocycles. The smallest absolute Gasteiger partial charge is 0.237 e. The molecule has 0 bridgehead atoms. The molecule has 1 aliphatic rings. The highest BCUT2D eigenvalue weighted by atomic mass is 16.3. The fourth-order valence-electron chi connectivity index (χ4n) is 2.62. The summed E-state index contributed by atoms with van der Waals surface area (Å²) in [5.74, 6) is -0.0210. The SMILES string of the molecule is CC(CO)(NC(=O)C1CCCCCN1)c1ccccc1. The van der Waals surface area contributed by atoms with Crippen LogP contribution in [0.3, 0.4) is 0 Å². The minimum atomic E-state index is -0.730. The highest BCUT2D eigenvalue weighted by Gasteiger charge is 2.30. The number of carbonyl (C=O) groups excluding carboxylic acids is 1. The Kier molecular flexibility index (Phi) is 5.15. The predicted molar refractivity (Wildman–Crippen MR) is 79.3 cm³/mol. The van der Waals surface area contributed by atoms with E-state index in [1.54, 1.807) is 0 Å². The van der Waals surface area contributed by atoms with Gasteiger partial charge in [0.25, 0.3) is 0 Å². The van der Waals surface area contributed by atoms with Crippen molar-refractivity contribution < 1.29 is 9.90 Å². The van der Waals surface area contributed by atoms with Gasteiger partial charge in [0.1, 0.15) is 0 Å². The Morgan fingerprint density at radius 3 is 2.80 bits per heavy atom. The Labute approximate surface area is 120 Å². The van der Waals surface area contributed by atoms with Crippen LogP contribution in [0, 0.1) is 0 Å². The summed E-state index contributed by atoms with van der Waals surface area (Å²) >= 11 is 0. The molecular weight excluding hydrogens is 252 g/mol. The first-order chi connectivity index (χ1) is 9.65. The van der Waals surface area contributed by atoms with Crippen molar-refractivity contribution >= 4 is 5.91 Å². The first-order valence-corrected chi connectivity index (χ1v) is 7.37. The minimum Gasteiger partial charge on any atom is -0.394 e. The second-order valence-electron chi connectivity index (χ2n) is 5.70. The van der Waals surface area contributed by atoms with E-state index < -0.39 is 5.54 Å². The number of benzene rings is 1. The van der Waals surface area contributed by atoms with Crippen LogP contribution in [0.1, 0.15) is 38.2 Å². The lowest BCUT2D eigenvalue weighted by Gasteiger charge is -2.31. The van der Waals surface area contributed by atoms with E-state index in [1.165, 1.54) is 6.42 Å². The maximum Gasteiger partial charge on any atom is 0.237 e. The molecule has 20 heavy (non-hydrogen) atoms. The van der Waals surface area contributed by atoms with Gasteiger partial charge in [-0.1, -0.05) is 43.2 Å². The summed E-state index contributed by atoms with van der Waals surface area (Å²) in [5, 5.41) is 16.0. The molecule has 2 unspecified atom stereocenters. The van der Waals surface area contributed by atoms with E-state index in [0.717, 1.165) is 31.4 Å². The standard InChI is InChI=1S/C16H24N2O2/c1-16(12-19,13-8-4-2-5-9-13)18-15(20)14-10-6-3-7-11-17-14/h2,4-5,8-9,14,17,19H,3,6-7,10-12H2,1H3,(H,18,20). The molecule has 4 heteroatoms. The molecule has 0 aliphatic carbocycles. The molecule has 0 radical (unpaired) electrons. The number of amides is 1. The maximum atomic E-state index is 12.4. The Hall–Kier alpha value is -1.39. The van der Waals surface area contributed by atoms with Crippen molar-refractivity contribution in [3.05, 3.63) is 35.9 Å². The van der Waals surface area contributed by atoms with Crippen LogP contribution in [0.2, 0.25) is 0 Å². The zero-order valence-electron chi connectivity index (χ0n) is 12.1. The van der Waals surface area contributed by atoms with Gasteiger partial charge in [-0.3, -0.25) is 4.79 Å². The molecular formula is C16H24N2O2. The number of rotatable bonds is 4. The highest BCUT2D eigenvalue weighted by molar-refractivity contribution is 5.82. The largest absolute Gasteiger partial charge is 0.394 e. The molecule has 1 amide bonds. The van der Waals surface area contributed by atoms with Crippen LogP contribution in [-0.2, 0) is 10.3 Å². The Morgan fingerprint density at radius 2 is 2.10 bits per heavy atom. The van der Waals surface area contributed by atoms with Gasteiger partial charge in [-0.15, -0.1) is 0 Å². The molecule has 1 saturated heterocycles. The molecule has 110 valence electrons. The fourth-order valence-corrected chi connectivity index (χ4v) is 2.62. The van der Waals surface area contributed by atoms with Gasteiger partial charge in [-0.05, 0) is 31.9 Å². The average Bonchev–Trinajstić information content (AvgIpc) is 2.77. The fraction of sp³-hybridized carbons (Fsp3) is 0.562. The first kappa shape index (κ1) is 15.0. The number of aliphatic hydroxyl groups excluding tert-OH is 1. The van der Waals surface area contributed by atoms with Crippen molar-refractivity contribution in [2.45, 2.75) is 44.2 Å². The van der Waals surface area contributed by atoms with E-state index in [0.29, 0.717) is 0 Å². The summed E-state index contributed by atoms with van der Waals surface area (Å²) in [6.07, 6.45) is 4.24. The molecule has 2 atom stereocenters. The van der Waals surface area contributed by atoms with E-state index in [2.05, 4.69) is 10.6 Å². The van der Waals surface area contributed by atoms with Crippen molar-refractivity contribution in [1.29, 1.82) is 0 Å². The van der Waals surface area contributed by atoms with Gasteiger partial charge in [-0.2, -0.15) is 0 Å². The molecule has 0 aromatic heterocycles. The van der Waals surface area contributed by atoms with E-state index in [9.17, 15) is 9.90 Å². The van der Waals surface area contributed by atoms with Crippen molar-refractivity contribution in [2.24, 2.45) is 0 Å². The first-order valence-electron chi connectivity index (χ1n) is 7.37. The number of carbonyl (C=O) groups is 1. The summed E-state index contributed by atoms with van der Waals surface area (Å²) < 4.78 is 0. The Bertz CT molecular complexity index is 427. The summed E-state index contributed by atoms with van der Waals surface area (Å²) in [7, 11) is 0. The van der Waals surface area contributed by atoms with Crippen LogP contribution >= 0.6 is 0 Å². The zero-order valence-corrected chi connectivity index (χ0v) is 12.1. The molecule has 0 spiro atoms. The van der Waals surface area contributed by atoms with E-state index in [1.807, 2.05) is 37.3 Å². The van der Waals surface area contributed by atoms with Gasteiger partial charge in [-0.25, -0.2) is 0 Å². The number of hydrogen-bond acceptors (Lipinski definition) is 3. The van der Waals surface area contributed by atoms with E-state index in [4.69, 9.17) is 0 Å². The van der Waals surface area contributed by atoms with Gasteiger partial charge >= 0.3 is 0 Å². The Morgan fingerprint density at radius 1 is 1.35 bits per heavy atom. The van der Waals surface area contributed by atoms with Crippen LogP contribution in [0.25, 0.3) is 0 Å². The third-order valence-corrected chi connectivity index (χ3v) is 4.00. The van der Waals surface area contributed by atoms with Crippen LogP contribution in [0.5, 0.6) is 0 Å². The number of hydrogen-bond donors (Lipinski definition) is 3. The van der Waals surface area contributed by atoms with E-state index in [-0.39, 0.29) is 18.6 Å². The average molecular weight is 276 g/mol. The normalized spacial score (nSPS) is 22.6. The van der Waals surface area contributed by atoms with Gasteiger partial charge in [0.2, 0.25) is 5.91 Å². The quantitative estimate of drug-likeness (QED) is 0.782. The third kappa shape index (κ3) is 3.58. The summed E-state index contributed by atoms with van der Waals surface area (Å²) in [4.78, 5) is 12.4. The van der Waals surface area contributed by atoms with Gasteiger partial charge in [0.15, 0.2) is 0 Å². The second kappa shape index (κ2) is 6.86. The molecule has 3 N–H and O–H groups in total. The lowest BCUT2D eigenvalue weighted by Crippen LogP contribution is -2.53. The van der Waals surface area contributed by atoms with Crippen molar-refractivity contribution in [3.8, 4) is 0 Å². The molecule has 1 fully saturated rings. The zero-order chi connectivity index (χ0) is 14.4. The van der Waals surface area contributed by atoms with Crippen LogP contribution in [0.15, 0.2) is 30.3 Å². The maximum absolute atomic E-state index is 12.4. The van der Waals surface area contributed by atoms with Crippen LogP contribution in [0.4, 0.5) is 0 Å². The summed E-state index contributed by atoms with van der Waals surface area (Å²) in [5.41, 5.74) is 0.191. The van der Waals surface area contributed by atoms with Gasteiger partial charge in [0.05, 0.1) is 18.2 Å². The number of nitrogens with one attached hydrogen (secondary N) is 2. The number of aliphatic hydroxyl groups is 1. The van der Waals surface area contributed by atoms with Crippen LogP contribution < -0.4 is 10.6 Å². The lowest BCUT2D eigenvalue weighted by molar-refractivity contribution is -0.125. The minimum absolute atomic E-state index is 0.0210. The molecule has 4 nitrogen and oxygen atoms in total. The summed E-state index contributed by atoms with van der Waals surface area (Å²) in [6, 6.07) is 9.47. The van der Waals surface area contributed by atoms with Gasteiger partial charge < -0.3 is 15.7 Å². The van der Waals surface area contributed by atoms with Crippen molar-refractivity contribution in [1.82, 2.24) is 10.6 Å². The van der Waals surface area contributed by atoms with Crippen molar-refractivity contribution in [3.63, 3.8) is 0 Å². The van der Waals surface area contributed by atoms with Gasteiger partial charge in [0, 0.05) is 0 Å². The predicted octanol–water partition coefficient (Wildman–Crippen LogP) is 1.54. The highest BCUT2D eigenvalue weighted by Crippen LogP contribution is 2.20. The van der Waals surface area contributed by atoms with Crippen molar-refractivity contribution in [2.75, 3.05) is 13.2 Å². The molecule has 1 heterocycles. The topological polar surface area (TPSA) is 61.4 Å². The van der Waals surface area contributed by atoms with Crippen LogP contribution in [-0.4, -0.2) is 30.2 Å². The molecule has 1 aromatic rings. The third-order valence-electron chi connectivity index (χ3n) is 4.00. The summed E-state index contributed by atoms with van der Waals surface area (Å²) in [6.45, 7) is 2.63. The second-order valence-corrected chi connectivity index (χ2v) is 5.70. The lowest BCUT2D eigenvalue weighted by atomic mass is 9.92. The monoisotopic (exact) mass is 276 g/mol. The van der Waals surface area contributed by atoms with E-state index >= 15 is 0 Å². The Balaban J connectivity index is 2.07. The molecule has 1 aliphatic heterocycles. The molecule has 1 aromatic carbocycles.